The molecule has 7 nitrogen and oxygen atoms in total. The first-order chi connectivity index (χ1) is 25.9. The average Bonchev–Trinajstić information content (AvgIpc) is 3.55. The molecule has 2 fully saturated rings. The van der Waals surface area contributed by atoms with E-state index in [2.05, 4.69) is 0 Å². The summed E-state index contributed by atoms with van der Waals surface area (Å²) in [5, 5.41) is 11.5. The summed E-state index contributed by atoms with van der Waals surface area (Å²) in [6.45, 7) is 2.02. The lowest BCUT2D eigenvalue weighted by Crippen LogP contribution is -2.67. The number of hydrogen-bond acceptors (Lipinski definition) is 7. The Labute approximate surface area is 313 Å². The molecule has 0 aromatic heterocycles. The van der Waals surface area contributed by atoms with Crippen molar-refractivity contribution in [2.24, 2.45) is 0 Å². The van der Waals surface area contributed by atoms with E-state index in [1.807, 2.05) is 91.0 Å². The van der Waals surface area contributed by atoms with Gasteiger partial charge in [-0.15, -0.1) is 0 Å². The third-order valence-corrected chi connectivity index (χ3v) is 10.1. The molecular formula is C43H41ClF2O7. The van der Waals surface area contributed by atoms with Gasteiger partial charge in [0.15, 0.2) is 11.6 Å². The molecule has 0 aliphatic carbocycles. The Kier molecular flexibility index (Phi) is 11.5. The normalized spacial score (nSPS) is 23.6. The van der Waals surface area contributed by atoms with Gasteiger partial charge in [-0.1, -0.05) is 115 Å². The second kappa shape index (κ2) is 16.4. The first-order valence-corrected chi connectivity index (χ1v) is 18.0. The van der Waals surface area contributed by atoms with E-state index in [4.69, 9.17) is 40.0 Å². The van der Waals surface area contributed by atoms with Crippen molar-refractivity contribution in [3.63, 3.8) is 0 Å². The molecular weight excluding hydrogens is 702 g/mol. The van der Waals surface area contributed by atoms with Crippen molar-refractivity contribution < 1.29 is 42.3 Å². The van der Waals surface area contributed by atoms with E-state index in [1.165, 1.54) is 12.1 Å². The molecule has 5 atom stereocenters. The van der Waals surface area contributed by atoms with Crippen LogP contribution in [0.1, 0.15) is 40.3 Å². The van der Waals surface area contributed by atoms with Crippen LogP contribution in [-0.2, 0) is 55.7 Å². The Morgan fingerprint density at radius 1 is 0.717 bits per heavy atom. The van der Waals surface area contributed by atoms with Gasteiger partial charge >= 0.3 is 0 Å². The van der Waals surface area contributed by atoms with Crippen LogP contribution < -0.4 is 4.74 Å². The zero-order chi connectivity index (χ0) is 36.8. The monoisotopic (exact) mass is 742 g/mol. The molecule has 2 aliphatic rings. The number of halogens is 3. The molecule has 10 heteroatoms. The summed E-state index contributed by atoms with van der Waals surface area (Å²) >= 11 is 6.72. The van der Waals surface area contributed by atoms with Crippen LogP contribution in [0.2, 0.25) is 5.02 Å². The van der Waals surface area contributed by atoms with E-state index in [-0.39, 0.29) is 50.8 Å². The molecule has 2 bridgehead atoms. The van der Waals surface area contributed by atoms with Crippen molar-refractivity contribution >= 4 is 11.6 Å². The Morgan fingerprint density at radius 3 is 1.89 bits per heavy atom. The van der Waals surface area contributed by atoms with Crippen LogP contribution in [0.25, 0.3) is 0 Å². The van der Waals surface area contributed by atoms with Crippen LogP contribution in [0.3, 0.4) is 0 Å². The van der Waals surface area contributed by atoms with Gasteiger partial charge in [-0.05, 0) is 52.9 Å². The Bertz CT molecular complexity index is 1970. The first-order valence-electron chi connectivity index (χ1n) is 17.7. The van der Waals surface area contributed by atoms with Crippen molar-refractivity contribution in [1.82, 2.24) is 0 Å². The first kappa shape index (κ1) is 37.1. The maximum atomic E-state index is 15.3. The Balaban J connectivity index is 1.30. The second-order valence-electron chi connectivity index (χ2n) is 13.2. The molecule has 0 amide bonds. The number of hydrogen-bond donors (Lipinski definition) is 1. The standard InChI is InChI=1S/C43H41ClF2O7/c1-2-48-36-21-18-32(37(45)38(36)46)22-33-23-34(19-20-35(33)44)43-41(51-26-31-16-10-5-11-17-31)39(49-24-29-12-6-3-7-13-29)40(42(27-47,53-43)28-52-43)50-25-30-14-8-4-9-15-30/h3-21,23,39-41,47H,2,22,24-28H2,1H3/t39-,40-,41+,42+,43?/m0/s1. The van der Waals surface area contributed by atoms with Crippen molar-refractivity contribution in [2.45, 2.75) is 62.9 Å². The number of benzene rings is 5. The van der Waals surface area contributed by atoms with Crippen molar-refractivity contribution in [3.05, 3.63) is 171 Å². The predicted molar refractivity (Wildman–Crippen MR) is 195 cm³/mol. The smallest absolute Gasteiger partial charge is 0.225 e. The molecule has 0 spiro atoms. The summed E-state index contributed by atoms with van der Waals surface area (Å²) in [6.07, 6.45) is -2.62. The minimum Gasteiger partial charge on any atom is -0.491 e. The summed E-state index contributed by atoms with van der Waals surface area (Å²) in [4.78, 5) is 0. The fourth-order valence-corrected chi connectivity index (χ4v) is 7.22. The van der Waals surface area contributed by atoms with Crippen molar-refractivity contribution in [1.29, 1.82) is 0 Å². The molecule has 2 aliphatic heterocycles. The topological polar surface area (TPSA) is 75.6 Å². The number of fused-ring (bicyclic) bond motifs is 2. The molecule has 2 saturated heterocycles. The zero-order valence-corrected chi connectivity index (χ0v) is 30.0. The van der Waals surface area contributed by atoms with E-state index in [0.717, 1.165) is 16.7 Å². The fraction of sp³-hybridized carbons (Fsp3) is 0.302. The lowest BCUT2D eigenvalue weighted by molar-refractivity contribution is -0.353. The molecule has 1 unspecified atom stereocenters. The van der Waals surface area contributed by atoms with Crippen LogP contribution in [0.15, 0.2) is 121 Å². The van der Waals surface area contributed by atoms with Gasteiger partial charge in [0, 0.05) is 17.0 Å². The van der Waals surface area contributed by atoms with E-state index in [9.17, 15) is 9.50 Å². The van der Waals surface area contributed by atoms with Gasteiger partial charge in [-0.2, -0.15) is 4.39 Å². The lowest BCUT2D eigenvalue weighted by atomic mass is 9.83. The lowest BCUT2D eigenvalue weighted by Gasteiger charge is -2.50. The third kappa shape index (κ3) is 7.75. The summed E-state index contributed by atoms with van der Waals surface area (Å²) in [5.74, 6) is -3.86. The van der Waals surface area contributed by atoms with E-state index < -0.39 is 47.9 Å². The van der Waals surface area contributed by atoms with Crippen molar-refractivity contribution in [2.75, 3.05) is 19.8 Å². The molecule has 7 rings (SSSR count). The van der Waals surface area contributed by atoms with Crippen molar-refractivity contribution in [3.8, 4) is 5.75 Å². The summed E-state index contributed by atoms with van der Waals surface area (Å²) in [6, 6.07) is 37.2. The van der Waals surface area contributed by atoms with Crippen LogP contribution in [-0.4, -0.2) is 48.8 Å². The zero-order valence-electron chi connectivity index (χ0n) is 29.3. The predicted octanol–water partition coefficient (Wildman–Crippen LogP) is 8.31. The second-order valence-corrected chi connectivity index (χ2v) is 13.7. The number of rotatable bonds is 15. The molecule has 1 N–H and O–H groups in total. The summed E-state index contributed by atoms with van der Waals surface area (Å²) in [5.41, 5.74) is 2.52. The molecule has 53 heavy (non-hydrogen) atoms. The van der Waals surface area contributed by atoms with Gasteiger partial charge < -0.3 is 33.5 Å². The average molecular weight is 743 g/mol. The highest BCUT2D eigenvalue weighted by Crippen LogP contribution is 2.53. The highest BCUT2D eigenvalue weighted by molar-refractivity contribution is 6.31. The van der Waals surface area contributed by atoms with Gasteiger partial charge in [-0.3, -0.25) is 0 Å². The number of aliphatic hydroxyl groups excluding tert-OH is 1. The molecule has 276 valence electrons. The fourth-order valence-electron chi connectivity index (χ4n) is 7.04. The minimum absolute atomic E-state index is 0.0324. The minimum atomic E-state index is -1.62. The third-order valence-electron chi connectivity index (χ3n) is 9.73. The molecule has 5 aromatic carbocycles. The Hall–Kier alpha value is -4.19. The van der Waals surface area contributed by atoms with Crippen LogP contribution in [0, 0.1) is 11.6 Å². The number of ether oxygens (including phenoxy) is 6. The quantitative estimate of drug-likeness (QED) is 0.116. The van der Waals surface area contributed by atoms with Crippen LogP contribution >= 0.6 is 11.6 Å². The summed E-state index contributed by atoms with van der Waals surface area (Å²) in [7, 11) is 0. The van der Waals surface area contributed by atoms with Gasteiger partial charge in [0.25, 0.3) is 0 Å². The maximum absolute atomic E-state index is 15.3. The van der Waals surface area contributed by atoms with Gasteiger partial charge in [0.1, 0.15) is 23.9 Å². The Morgan fingerprint density at radius 2 is 1.30 bits per heavy atom. The van der Waals surface area contributed by atoms with E-state index in [0.29, 0.717) is 16.1 Å². The summed E-state index contributed by atoms with van der Waals surface area (Å²) < 4.78 is 69.3. The molecule has 2 heterocycles. The highest BCUT2D eigenvalue weighted by atomic mass is 35.5. The SMILES string of the molecule is CCOc1ccc(Cc2cc(C34OC[C@@](CO)(O3)[C@@H](OCc3ccccc3)[C@H](OCc3ccccc3)[C@H]4OCc3ccccc3)ccc2Cl)c(F)c1F. The largest absolute Gasteiger partial charge is 0.491 e. The molecule has 5 aromatic rings. The molecule has 0 radical (unpaired) electrons. The van der Waals surface area contributed by atoms with Crippen LogP contribution in [0.5, 0.6) is 5.75 Å². The van der Waals surface area contributed by atoms with E-state index in [1.54, 1.807) is 25.1 Å². The van der Waals surface area contributed by atoms with Gasteiger partial charge in [0.05, 0.1) is 39.6 Å². The maximum Gasteiger partial charge on any atom is 0.225 e. The van der Waals surface area contributed by atoms with E-state index >= 15 is 4.39 Å². The molecule has 0 saturated carbocycles. The van der Waals surface area contributed by atoms with Crippen LogP contribution in [0.4, 0.5) is 8.78 Å². The van der Waals surface area contributed by atoms with Gasteiger partial charge in [-0.25, -0.2) is 4.39 Å². The van der Waals surface area contributed by atoms with Gasteiger partial charge in [0.2, 0.25) is 11.6 Å². The number of aliphatic hydroxyl groups is 1. The highest BCUT2D eigenvalue weighted by Gasteiger charge is 2.69.